The molecule has 0 saturated carbocycles. The number of fused-ring (bicyclic) bond motifs is 1. The van der Waals surface area contributed by atoms with Crippen LogP contribution in [0, 0.1) is 11.7 Å². The fourth-order valence-corrected chi connectivity index (χ4v) is 3.89. The summed E-state index contributed by atoms with van der Waals surface area (Å²) in [7, 11) is 3.66. The zero-order valence-corrected chi connectivity index (χ0v) is 19.4. The first kappa shape index (κ1) is 24.2. The molecular weight excluding hydrogens is 457 g/mol. The lowest BCUT2D eigenvalue weighted by atomic mass is 9.98. The van der Waals surface area contributed by atoms with E-state index in [1.807, 2.05) is 0 Å². The molecular formula is C25H26FN3O6. The third kappa shape index (κ3) is 5.78. The smallest absolute Gasteiger partial charge is 0.394 e. The third-order valence-corrected chi connectivity index (χ3v) is 5.90. The van der Waals surface area contributed by atoms with Gasteiger partial charge in [-0.05, 0) is 63.2 Å². The summed E-state index contributed by atoms with van der Waals surface area (Å²) >= 11 is 0. The highest BCUT2D eigenvalue weighted by Crippen LogP contribution is 2.38. The van der Waals surface area contributed by atoms with Gasteiger partial charge in [-0.25, -0.2) is 9.18 Å². The van der Waals surface area contributed by atoms with Gasteiger partial charge < -0.3 is 29.5 Å². The molecule has 0 unspecified atom stereocenters. The molecule has 0 bridgehead atoms. The number of benzene rings is 2. The molecule has 1 aliphatic heterocycles. The van der Waals surface area contributed by atoms with Crippen molar-refractivity contribution >= 4 is 28.5 Å². The number of halogens is 1. The highest BCUT2D eigenvalue weighted by Gasteiger charge is 2.19. The van der Waals surface area contributed by atoms with Crippen molar-refractivity contribution < 1.29 is 33.3 Å². The molecule has 1 saturated heterocycles. The van der Waals surface area contributed by atoms with Gasteiger partial charge in [-0.15, -0.1) is 0 Å². The number of piperidine rings is 1. The van der Waals surface area contributed by atoms with Crippen LogP contribution in [0.25, 0.3) is 10.9 Å². The summed E-state index contributed by atoms with van der Waals surface area (Å²) < 4.78 is 32.0. The van der Waals surface area contributed by atoms with E-state index in [1.54, 1.807) is 31.5 Å². The number of likely N-dealkylation sites (tertiary alicyclic amines) is 1. The lowest BCUT2D eigenvalue weighted by molar-refractivity contribution is -0.147. The fourth-order valence-electron chi connectivity index (χ4n) is 3.89. The second-order valence-corrected chi connectivity index (χ2v) is 8.39. The second-order valence-electron chi connectivity index (χ2n) is 8.39. The molecule has 35 heavy (non-hydrogen) atoms. The van der Waals surface area contributed by atoms with Crippen LogP contribution in [0.3, 0.4) is 0 Å². The molecule has 1 fully saturated rings. The minimum Gasteiger partial charge on any atom is -0.493 e. The molecule has 4 rings (SSSR count). The van der Waals surface area contributed by atoms with Crippen molar-refractivity contribution in [2.75, 3.05) is 39.2 Å². The number of pyridine rings is 1. The number of carbonyl (C=O) groups excluding carboxylic acids is 1. The van der Waals surface area contributed by atoms with Gasteiger partial charge in [-0.2, -0.15) is 0 Å². The second kappa shape index (κ2) is 10.6. The Hall–Kier alpha value is -3.92. The number of ether oxygens (including phenoxy) is 3. The van der Waals surface area contributed by atoms with Crippen LogP contribution in [0.1, 0.15) is 12.8 Å². The summed E-state index contributed by atoms with van der Waals surface area (Å²) in [5.74, 6) is -1.91. The number of nitrogens with one attached hydrogen (secondary N) is 1. The largest absolute Gasteiger partial charge is 0.493 e. The number of aliphatic carboxylic acids is 1. The summed E-state index contributed by atoms with van der Waals surface area (Å²) in [5.41, 5.74) is 0.585. The van der Waals surface area contributed by atoms with Gasteiger partial charge in [-0.1, -0.05) is 0 Å². The SMILES string of the molecule is COc1cc2c(Oc3ccc(NC(=O)C(=O)O)cc3F)ccnc2cc1OCC1CCN(C)CC1. The molecule has 0 spiro atoms. The van der Waals surface area contributed by atoms with Gasteiger partial charge in [0.05, 0.1) is 19.2 Å². The molecule has 2 N–H and O–H groups in total. The topological polar surface area (TPSA) is 110 Å². The highest BCUT2D eigenvalue weighted by atomic mass is 19.1. The van der Waals surface area contributed by atoms with Crippen LogP contribution in [-0.2, 0) is 9.59 Å². The van der Waals surface area contributed by atoms with E-state index < -0.39 is 17.7 Å². The number of carboxylic acid groups (broad SMARTS) is 1. The van der Waals surface area contributed by atoms with Crippen molar-refractivity contribution in [2.24, 2.45) is 5.92 Å². The first-order valence-electron chi connectivity index (χ1n) is 11.1. The van der Waals surface area contributed by atoms with Crippen LogP contribution >= 0.6 is 0 Å². The standard InChI is InChI=1S/C25H26FN3O6/c1-29-9-6-15(7-10-29)14-34-23-13-19-17(12-22(23)33-2)20(5-8-27-19)35-21-4-3-16(11-18(21)26)28-24(30)25(31)32/h3-5,8,11-13,15H,6-7,9-10,14H2,1-2H3,(H,28,30)(H,31,32). The Morgan fingerprint density at radius 1 is 1.11 bits per heavy atom. The molecule has 2 aromatic carbocycles. The first-order valence-corrected chi connectivity index (χ1v) is 11.1. The van der Waals surface area contributed by atoms with Gasteiger partial charge in [0, 0.05) is 29.4 Å². The van der Waals surface area contributed by atoms with Crippen molar-refractivity contribution in [3.8, 4) is 23.0 Å². The van der Waals surface area contributed by atoms with Crippen molar-refractivity contribution in [3.63, 3.8) is 0 Å². The molecule has 0 atom stereocenters. The Kier molecular flexibility index (Phi) is 7.31. The van der Waals surface area contributed by atoms with Gasteiger partial charge in [0.1, 0.15) is 5.75 Å². The van der Waals surface area contributed by atoms with Crippen molar-refractivity contribution in [2.45, 2.75) is 12.8 Å². The molecule has 0 aliphatic carbocycles. The summed E-state index contributed by atoms with van der Waals surface area (Å²) in [6, 6.07) is 8.74. The number of hydrogen-bond acceptors (Lipinski definition) is 7. The average molecular weight is 483 g/mol. The zero-order chi connectivity index (χ0) is 24.9. The summed E-state index contributed by atoms with van der Waals surface area (Å²) in [4.78, 5) is 28.7. The number of rotatable bonds is 7. The maximum Gasteiger partial charge on any atom is 0.394 e. The molecule has 1 aromatic heterocycles. The Labute approximate surface area is 201 Å². The van der Waals surface area contributed by atoms with Crippen LogP contribution in [0.4, 0.5) is 10.1 Å². The number of amides is 1. The molecule has 1 amide bonds. The van der Waals surface area contributed by atoms with E-state index in [4.69, 9.17) is 19.3 Å². The number of carboxylic acids is 1. The Bertz CT molecular complexity index is 1240. The van der Waals surface area contributed by atoms with E-state index in [2.05, 4.69) is 22.2 Å². The minimum atomic E-state index is -1.67. The predicted octanol–water partition coefficient (Wildman–Crippen LogP) is 3.92. The average Bonchev–Trinajstić information content (AvgIpc) is 2.84. The molecule has 2 heterocycles. The number of methoxy groups -OCH3 is 1. The molecule has 184 valence electrons. The number of anilines is 1. The molecule has 1 aliphatic rings. The van der Waals surface area contributed by atoms with E-state index in [0.29, 0.717) is 40.7 Å². The van der Waals surface area contributed by atoms with Gasteiger partial charge in [0.25, 0.3) is 0 Å². The molecule has 0 radical (unpaired) electrons. The van der Waals surface area contributed by atoms with E-state index in [9.17, 15) is 14.0 Å². The number of aromatic nitrogens is 1. The van der Waals surface area contributed by atoms with Crippen LogP contribution in [0.15, 0.2) is 42.6 Å². The Morgan fingerprint density at radius 2 is 1.89 bits per heavy atom. The monoisotopic (exact) mass is 483 g/mol. The minimum absolute atomic E-state index is 0.00472. The predicted molar refractivity (Wildman–Crippen MR) is 127 cm³/mol. The summed E-state index contributed by atoms with van der Waals surface area (Å²) in [6.07, 6.45) is 3.70. The highest BCUT2D eigenvalue weighted by molar-refractivity contribution is 6.36. The quantitative estimate of drug-likeness (QED) is 0.487. The third-order valence-electron chi connectivity index (χ3n) is 5.90. The van der Waals surface area contributed by atoms with Gasteiger partial charge in [0.15, 0.2) is 23.1 Å². The van der Waals surface area contributed by atoms with E-state index in [0.717, 1.165) is 32.0 Å². The van der Waals surface area contributed by atoms with Gasteiger partial charge in [0.2, 0.25) is 0 Å². The summed E-state index contributed by atoms with van der Waals surface area (Å²) in [5, 5.41) is 11.4. The van der Waals surface area contributed by atoms with Crippen LogP contribution in [0.2, 0.25) is 0 Å². The molecule has 9 nitrogen and oxygen atoms in total. The lowest BCUT2D eigenvalue weighted by Crippen LogP contribution is -2.32. The van der Waals surface area contributed by atoms with Crippen LogP contribution < -0.4 is 19.5 Å². The van der Waals surface area contributed by atoms with Crippen molar-refractivity contribution in [3.05, 3.63) is 48.4 Å². The van der Waals surface area contributed by atoms with E-state index in [1.165, 1.54) is 12.1 Å². The first-order chi connectivity index (χ1) is 16.8. The Morgan fingerprint density at radius 3 is 2.57 bits per heavy atom. The normalized spacial score (nSPS) is 14.5. The summed E-state index contributed by atoms with van der Waals surface area (Å²) in [6.45, 7) is 2.69. The van der Waals surface area contributed by atoms with Crippen LogP contribution in [-0.4, -0.2) is 60.7 Å². The maximum absolute atomic E-state index is 14.6. The van der Waals surface area contributed by atoms with Crippen LogP contribution in [0.5, 0.6) is 23.0 Å². The number of carbonyl (C=O) groups is 2. The van der Waals surface area contributed by atoms with E-state index in [-0.39, 0.29) is 11.4 Å². The van der Waals surface area contributed by atoms with Crippen molar-refractivity contribution in [1.29, 1.82) is 0 Å². The van der Waals surface area contributed by atoms with Crippen molar-refractivity contribution in [1.82, 2.24) is 9.88 Å². The molecule has 3 aromatic rings. The fraction of sp³-hybridized carbons (Fsp3) is 0.320. The zero-order valence-electron chi connectivity index (χ0n) is 19.4. The maximum atomic E-state index is 14.6. The number of hydrogen-bond donors (Lipinski definition) is 2. The van der Waals surface area contributed by atoms with E-state index >= 15 is 0 Å². The van der Waals surface area contributed by atoms with Gasteiger partial charge in [-0.3, -0.25) is 9.78 Å². The van der Waals surface area contributed by atoms with Gasteiger partial charge >= 0.3 is 11.9 Å². The lowest BCUT2D eigenvalue weighted by Gasteiger charge is -2.28. The molecule has 10 heteroatoms. The Balaban J connectivity index is 1.54. The number of nitrogens with zero attached hydrogens (tertiary/aromatic N) is 2.